The number of rotatable bonds is 4. The standard InChI is InChI=1S/C13H16FN3O2S2/c1-8-4-11(14)12(15)5-13(8)21(18,19)17(3)7-10-6-16-9(2)20-10/h4-6H,7,15H2,1-3H3. The number of nitrogens with zero attached hydrogens (tertiary/aromatic N) is 2. The van der Waals surface area contributed by atoms with Gasteiger partial charge in [0.05, 0.1) is 15.6 Å². The topological polar surface area (TPSA) is 76.3 Å². The van der Waals surface area contributed by atoms with Crippen LogP contribution in [0.15, 0.2) is 23.2 Å². The van der Waals surface area contributed by atoms with Gasteiger partial charge in [-0.2, -0.15) is 4.31 Å². The van der Waals surface area contributed by atoms with Crippen LogP contribution in [0.25, 0.3) is 0 Å². The highest BCUT2D eigenvalue weighted by atomic mass is 32.2. The van der Waals surface area contributed by atoms with E-state index < -0.39 is 15.8 Å². The minimum atomic E-state index is -3.73. The van der Waals surface area contributed by atoms with Crippen molar-refractivity contribution in [3.63, 3.8) is 0 Å². The summed E-state index contributed by atoms with van der Waals surface area (Å²) in [6.07, 6.45) is 1.65. The molecule has 0 spiro atoms. The monoisotopic (exact) mass is 329 g/mol. The lowest BCUT2D eigenvalue weighted by Gasteiger charge is -2.18. The molecule has 5 nitrogen and oxygen atoms in total. The highest BCUT2D eigenvalue weighted by molar-refractivity contribution is 7.89. The molecule has 0 radical (unpaired) electrons. The number of anilines is 1. The van der Waals surface area contributed by atoms with Crippen LogP contribution >= 0.6 is 11.3 Å². The number of sulfonamides is 1. The van der Waals surface area contributed by atoms with Gasteiger partial charge >= 0.3 is 0 Å². The van der Waals surface area contributed by atoms with Gasteiger partial charge in [0.25, 0.3) is 0 Å². The Morgan fingerprint density at radius 1 is 1.38 bits per heavy atom. The Bertz CT molecular complexity index is 772. The third-order valence-electron chi connectivity index (χ3n) is 3.03. The summed E-state index contributed by atoms with van der Waals surface area (Å²) in [6, 6.07) is 2.29. The first-order valence-electron chi connectivity index (χ1n) is 6.15. The zero-order chi connectivity index (χ0) is 15.8. The number of aryl methyl sites for hydroxylation is 2. The second-order valence-corrected chi connectivity index (χ2v) is 8.08. The molecule has 2 rings (SSSR count). The van der Waals surface area contributed by atoms with Gasteiger partial charge in [-0.15, -0.1) is 11.3 Å². The van der Waals surface area contributed by atoms with Crippen molar-refractivity contribution < 1.29 is 12.8 Å². The average molecular weight is 329 g/mol. The first-order valence-corrected chi connectivity index (χ1v) is 8.40. The molecular weight excluding hydrogens is 313 g/mol. The fourth-order valence-electron chi connectivity index (χ4n) is 1.90. The van der Waals surface area contributed by atoms with Crippen molar-refractivity contribution in [1.82, 2.24) is 9.29 Å². The molecule has 1 aromatic heterocycles. The molecule has 0 fully saturated rings. The number of aromatic nitrogens is 1. The summed E-state index contributed by atoms with van der Waals surface area (Å²) in [4.78, 5) is 4.95. The quantitative estimate of drug-likeness (QED) is 0.873. The van der Waals surface area contributed by atoms with Gasteiger partial charge in [-0.1, -0.05) is 0 Å². The van der Waals surface area contributed by atoms with Crippen LogP contribution in [-0.4, -0.2) is 24.8 Å². The molecular formula is C13H16FN3O2S2. The molecule has 0 aliphatic heterocycles. The number of hydrogen-bond donors (Lipinski definition) is 1. The number of thiazole rings is 1. The summed E-state index contributed by atoms with van der Waals surface area (Å²) in [6.45, 7) is 3.61. The molecule has 0 saturated heterocycles. The van der Waals surface area contributed by atoms with Crippen LogP contribution in [0.5, 0.6) is 0 Å². The fourth-order valence-corrected chi connectivity index (χ4v) is 4.21. The van der Waals surface area contributed by atoms with E-state index in [1.54, 1.807) is 13.1 Å². The molecule has 2 N–H and O–H groups in total. The van der Waals surface area contributed by atoms with Crippen molar-refractivity contribution in [3.8, 4) is 0 Å². The number of hydrogen-bond acceptors (Lipinski definition) is 5. The predicted molar refractivity (Wildman–Crippen MR) is 81.1 cm³/mol. The first-order chi connectivity index (χ1) is 9.71. The van der Waals surface area contributed by atoms with Crippen LogP contribution in [0, 0.1) is 19.7 Å². The summed E-state index contributed by atoms with van der Waals surface area (Å²) in [7, 11) is -2.26. The lowest BCUT2D eigenvalue weighted by Crippen LogP contribution is -2.27. The Hall–Kier alpha value is -1.51. The molecule has 8 heteroatoms. The summed E-state index contributed by atoms with van der Waals surface area (Å²) < 4.78 is 39.7. The van der Waals surface area contributed by atoms with Crippen molar-refractivity contribution in [3.05, 3.63) is 39.6 Å². The van der Waals surface area contributed by atoms with E-state index in [0.717, 1.165) is 22.0 Å². The van der Waals surface area contributed by atoms with Crippen LogP contribution in [0.1, 0.15) is 15.4 Å². The van der Waals surface area contributed by atoms with E-state index in [1.807, 2.05) is 6.92 Å². The largest absolute Gasteiger partial charge is 0.396 e. The molecule has 0 aliphatic rings. The van der Waals surface area contributed by atoms with Gasteiger partial charge < -0.3 is 5.73 Å². The molecule has 0 bridgehead atoms. The summed E-state index contributed by atoms with van der Waals surface area (Å²) in [5.41, 5.74) is 5.62. The van der Waals surface area contributed by atoms with Crippen LogP contribution in [-0.2, 0) is 16.6 Å². The lowest BCUT2D eigenvalue weighted by atomic mass is 10.2. The molecule has 114 valence electrons. The SMILES string of the molecule is Cc1ncc(CN(C)S(=O)(=O)c2cc(N)c(F)cc2C)s1. The fraction of sp³-hybridized carbons (Fsp3) is 0.308. The number of benzene rings is 1. The number of halogens is 1. The van der Waals surface area contributed by atoms with Gasteiger partial charge in [-0.05, 0) is 31.5 Å². The second-order valence-electron chi connectivity index (χ2n) is 4.75. The third-order valence-corrected chi connectivity index (χ3v) is 5.87. The van der Waals surface area contributed by atoms with Crippen molar-refractivity contribution in [2.45, 2.75) is 25.3 Å². The van der Waals surface area contributed by atoms with Gasteiger partial charge in [-0.25, -0.2) is 17.8 Å². The minimum absolute atomic E-state index is 0.0186. The highest BCUT2D eigenvalue weighted by Gasteiger charge is 2.24. The maximum atomic E-state index is 13.4. The Labute approximate surface area is 127 Å². The van der Waals surface area contributed by atoms with Crippen LogP contribution < -0.4 is 5.73 Å². The molecule has 1 aromatic carbocycles. The lowest BCUT2D eigenvalue weighted by molar-refractivity contribution is 0.469. The van der Waals surface area contributed by atoms with Crippen LogP contribution in [0.3, 0.4) is 0 Å². The van der Waals surface area contributed by atoms with Gasteiger partial charge in [0.1, 0.15) is 5.82 Å². The molecule has 21 heavy (non-hydrogen) atoms. The zero-order valence-electron chi connectivity index (χ0n) is 11.9. The Morgan fingerprint density at radius 3 is 2.62 bits per heavy atom. The zero-order valence-corrected chi connectivity index (χ0v) is 13.6. The molecule has 0 saturated carbocycles. The molecule has 2 aromatic rings. The van der Waals surface area contributed by atoms with Crippen molar-refractivity contribution in [2.75, 3.05) is 12.8 Å². The van der Waals surface area contributed by atoms with Gasteiger partial charge in [0.15, 0.2) is 0 Å². The van der Waals surface area contributed by atoms with E-state index >= 15 is 0 Å². The average Bonchev–Trinajstić information content (AvgIpc) is 2.79. The smallest absolute Gasteiger partial charge is 0.243 e. The molecule has 0 atom stereocenters. The van der Waals surface area contributed by atoms with Crippen molar-refractivity contribution in [2.24, 2.45) is 0 Å². The third kappa shape index (κ3) is 3.22. The number of nitrogen functional groups attached to an aromatic ring is 1. The Kier molecular flexibility index (Phi) is 4.31. The van der Waals surface area contributed by atoms with E-state index in [9.17, 15) is 12.8 Å². The van der Waals surface area contributed by atoms with E-state index in [2.05, 4.69) is 4.98 Å². The Balaban J connectivity index is 2.35. The Morgan fingerprint density at radius 2 is 2.05 bits per heavy atom. The van der Waals surface area contributed by atoms with Gasteiger partial charge in [0, 0.05) is 24.7 Å². The van der Waals surface area contributed by atoms with Crippen LogP contribution in [0.4, 0.5) is 10.1 Å². The predicted octanol–water partition coefficient (Wildman–Crippen LogP) is 2.30. The maximum Gasteiger partial charge on any atom is 0.243 e. The summed E-state index contributed by atoms with van der Waals surface area (Å²) in [5.74, 6) is -0.618. The summed E-state index contributed by atoms with van der Waals surface area (Å²) >= 11 is 1.44. The number of nitrogens with two attached hydrogens (primary N) is 1. The van der Waals surface area contributed by atoms with Crippen molar-refractivity contribution >= 4 is 27.0 Å². The molecule has 1 heterocycles. The van der Waals surface area contributed by atoms with Crippen molar-refractivity contribution in [1.29, 1.82) is 0 Å². The highest BCUT2D eigenvalue weighted by Crippen LogP contribution is 2.25. The molecule has 0 amide bonds. The summed E-state index contributed by atoms with van der Waals surface area (Å²) in [5, 5.41) is 0.873. The molecule has 0 unspecified atom stereocenters. The maximum absolute atomic E-state index is 13.4. The van der Waals surface area contributed by atoms with E-state index in [-0.39, 0.29) is 17.1 Å². The van der Waals surface area contributed by atoms with Gasteiger partial charge in [0.2, 0.25) is 10.0 Å². The van der Waals surface area contributed by atoms with Crippen LogP contribution in [0.2, 0.25) is 0 Å². The van der Waals surface area contributed by atoms with Gasteiger partial charge in [-0.3, -0.25) is 0 Å². The van der Waals surface area contributed by atoms with E-state index in [4.69, 9.17) is 5.73 Å². The van der Waals surface area contributed by atoms with E-state index in [1.165, 1.54) is 22.7 Å². The van der Waals surface area contributed by atoms with E-state index in [0.29, 0.717) is 5.56 Å². The molecule has 0 aliphatic carbocycles. The minimum Gasteiger partial charge on any atom is -0.396 e. The second kappa shape index (κ2) is 5.70. The normalized spacial score (nSPS) is 12.0. The first kappa shape index (κ1) is 15.9.